The van der Waals surface area contributed by atoms with Crippen LogP contribution in [-0.4, -0.2) is 66.3 Å². The molecule has 0 atom stereocenters. The van der Waals surface area contributed by atoms with Crippen molar-refractivity contribution >= 4 is 10.2 Å². The van der Waals surface area contributed by atoms with Gasteiger partial charge in [-0.2, -0.15) is 17.0 Å². The van der Waals surface area contributed by atoms with E-state index in [1.165, 1.54) is 4.31 Å². The maximum absolute atomic E-state index is 12.5. The van der Waals surface area contributed by atoms with Gasteiger partial charge in [-0.15, -0.1) is 0 Å². The lowest BCUT2D eigenvalue weighted by molar-refractivity contribution is 0.174. The van der Waals surface area contributed by atoms with Gasteiger partial charge in [0.05, 0.1) is 0 Å². The van der Waals surface area contributed by atoms with E-state index in [0.29, 0.717) is 51.6 Å². The lowest BCUT2D eigenvalue weighted by atomic mass is 10.0. The minimum absolute atomic E-state index is 0.316. The molecule has 24 heavy (non-hydrogen) atoms. The average molecular weight is 356 g/mol. The molecule has 0 aliphatic carbocycles. The molecule has 2 rings (SSSR count). The summed E-state index contributed by atoms with van der Waals surface area (Å²) in [6, 6.07) is 3.81. The van der Waals surface area contributed by atoms with Crippen molar-refractivity contribution < 1.29 is 13.5 Å². The van der Waals surface area contributed by atoms with E-state index in [4.69, 9.17) is 0 Å². The Bertz CT molecular complexity index is 664. The molecule has 1 heterocycles. The number of phenols is 1. The van der Waals surface area contributed by atoms with Crippen LogP contribution in [0.2, 0.25) is 0 Å². The zero-order valence-corrected chi connectivity index (χ0v) is 15.9. The van der Waals surface area contributed by atoms with Gasteiger partial charge >= 0.3 is 0 Å². The predicted molar refractivity (Wildman–Crippen MR) is 96.3 cm³/mol. The third-order valence-electron chi connectivity index (χ3n) is 4.78. The molecule has 1 aromatic rings. The quantitative estimate of drug-likeness (QED) is 0.844. The molecule has 1 aliphatic heterocycles. The van der Waals surface area contributed by atoms with Gasteiger partial charge in [0, 0.05) is 51.4 Å². The van der Waals surface area contributed by atoms with E-state index < -0.39 is 10.2 Å². The summed E-state index contributed by atoms with van der Waals surface area (Å²) >= 11 is 0. The van der Waals surface area contributed by atoms with E-state index in [2.05, 4.69) is 4.90 Å². The van der Waals surface area contributed by atoms with Crippen LogP contribution in [0.15, 0.2) is 12.1 Å². The van der Waals surface area contributed by atoms with E-state index in [0.717, 1.165) is 16.7 Å². The van der Waals surface area contributed by atoms with E-state index >= 15 is 0 Å². The molecule has 6 nitrogen and oxygen atoms in total. The molecule has 1 N–H and O–H groups in total. The molecule has 1 aromatic carbocycles. The first kappa shape index (κ1) is 19.2. The Kier molecular flexibility index (Phi) is 6.25. The summed E-state index contributed by atoms with van der Waals surface area (Å²) in [4.78, 5) is 2.19. The summed E-state index contributed by atoms with van der Waals surface area (Å²) in [5.41, 5.74) is 3.13. The summed E-state index contributed by atoms with van der Waals surface area (Å²) in [7, 11) is -3.35. The Labute approximate surface area is 145 Å². The third-order valence-corrected chi connectivity index (χ3v) is 6.96. The number of aryl methyl sites for hydroxylation is 2. The van der Waals surface area contributed by atoms with Gasteiger partial charge in [0.1, 0.15) is 5.75 Å². The summed E-state index contributed by atoms with van der Waals surface area (Å²) in [6.07, 6.45) is 0. The molecule has 1 saturated heterocycles. The molecular formula is C17H29N3O3S. The third kappa shape index (κ3) is 4.08. The fourth-order valence-corrected chi connectivity index (χ4v) is 4.66. The number of hydrogen-bond donors (Lipinski definition) is 1. The molecule has 0 spiro atoms. The topological polar surface area (TPSA) is 64.1 Å². The Hall–Kier alpha value is -1.15. The molecule has 1 fully saturated rings. The zero-order chi connectivity index (χ0) is 17.9. The molecule has 0 aromatic heterocycles. The number of piperazine rings is 1. The second-order valence-corrected chi connectivity index (χ2v) is 8.26. The highest BCUT2D eigenvalue weighted by molar-refractivity contribution is 7.86. The molecular weight excluding hydrogens is 326 g/mol. The SMILES string of the molecule is CCN(CC)S(=O)(=O)N1CCN(Cc2cc(C)c(C)cc2O)CC1. The standard InChI is InChI=1S/C17H29N3O3S/c1-5-19(6-2)24(22,23)20-9-7-18(8-10-20)13-16-11-14(3)15(4)12-17(16)21/h11-12,21H,5-10,13H2,1-4H3. The first-order valence-corrected chi connectivity index (χ1v) is 9.96. The molecule has 0 saturated carbocycles. The van der Waals surface area contributed by atoms with Crippen LogP contribution in [0, 0.1) is 13.8 Å². The monoisotopic (exact) mass is 355 g/mol. The number of nitrogens with zero attached hydrogens (tertiary/aromatic N) is 3. The zero-order valence-electron chi connectivity index (χ0n) is 15.1. The molecule has 7 heteroatoms. The molecule has 136 valence electrons. The number of rotatable bonds is 6. The first-order valence-electron chi connectivity index (χ1n) is 8.56. The van der Waals surface area contributed by atoms with Crippen molar-refractivity contribution in [1.29, 1.82) is 0 Å². The fourth-order valence-electron chi connectivity index (χ4n) is 3.06. The summed E-state index contributed by atoms with van der Waals surface area (Å²) in [5, 5.41) is 10.1. The van der Waals surface area contributed by atoms with E-state index in [-0.39, 0.29) is 0 Å². The van der Waals surface area contributed by atoms with Gasteiger partial charge in [-0.05, 0) is 31.0 Å². The highest BCUT2D eigenvalue weighted by Crippen LogP contribution is 2.24. The Balaban J connectivity index is 2.00. The lowest BCUT2D eigenvalue weighted by Crippen LogP contribution is -2.52. The lowest BCUT2D eigenvalue weighted by Gasteiger charge is -2.36. The molecule has 0 unspecified atom stereocenters. The molecule has 0 radical (unpaired) electrons. The van der Waals surface area contributed by atoms with Gasteiger partial charge in [-0.1, -0.05) is 19.9 Å². The minimum Gasteiger partial charge on any atom is -0.508 e. The normalized spacial score (nSPS) is 17.5. The first-order chi connectivity index (χ1) is 11.3. The van der Waals surface area contributed by atoms with Crippen LogP contribution in [-0.2, 0) is 16.8 Å². The van der Waals surface area contributed by atoms with Gasteiger partial charge in [-0.25, -0.2) is 0 Å². The van der Waals surface area contributed by atoms with E-state index in [1.54, 1.807) is 10.4 Å². The van der Waals surface area contributed by atoms with Crippen molar-refractivity contribution in [2.24, 2.45) is 0 Å². The second kappa shape index (κ2) is 7.82. The number of aromatic hydroxyl groups is 1. The summed E-state index contributed by atoms with van der Waals surface area (Å²) in [6.45, 7) is 11.7. The fraction of sp³-hybridized carbons (Fsp3) is 0.647. The summed E-state index contributed by atoms with van der Waals surface area (Å²) in [5.74, 6) is 0.316. The Morgan fingerprint density at radius 3 is 2.12 bits per heavy atom. The minimum atomic E-state index is -3.35. The van der Waals surface area contributed by atoms with Crippen molar-refractivity contribution in [3.8, 4) is 5.75 Å². The maximum Gasteiger partial charge on any atom is 0.282 e. The van der Waals surface area contributed by atoms with Crippen LogP contribution in [0.1, 0.15) is 30.5 Å². The predicted octanol–water partition coefficient (Wildman–Crippen LogP) is 1.71. The largest absolute Gasteiger partial charge is 0.508 e. The van der Waals surface area contributed by atoms with Crippen molar-refractivity contribution in [2.45, 2.75) is 34.2 Å². The van der Waals surface area contributed by atoms with Crippen molar-refractivity contribution in [2.75, 3.05) is 39.3 Å². The number of phenolic OH excluding ortho intramolecular Hbond substituents is 1. The van der Waals surface area contributed by atoms with Gasteiger partial charge in [0.25, 0.3) is 10.2 Å². The van der Waals surface area contributed by atoms with Gasteiger partial charge in [-0.3, -0.25) is 4.90 Å². The van der Waals surface area contributed by atoms with Crippen LogP contribution in [0.5, 0.6) is 5.75 Å². The highest BCUT2D eigenvalue weighted by atomic mass is 32.2. The molecule has 0 amide bonds. The van der Waals surface area contributed by atoms with Gasteiger partial charge < -0.3 is 5.11 Å². The van der Waals surface area contributed by atoms with E-state index in [9.17, 15) is 13.5 Å². The number of hydrogen-bond acceptors (Lipinski definition) is 4. The van der Waals surface area contributed by atoms with Crippen molar-refractivity contribution in [1.82, 2.24) is 13.5 Å². The van der Waals surface area contributed by atoms with Crippen LogP contribution < -0.4 is 0 Å². The Morgan fingerprint density at radius 1 is 1.04 bits per heavy atom. The molecule has 1 aliphatic rings. The van der Waals surface area contributed by atoms with Gasteiger partial charge in [0.2, 0.25) is 0 Å². The average Bonchev–Trinajstić information content (AvgIpc) is 2.54. The van der Waals surface area contributed by atoms with E-state index in [1.807, 2.05) is 33.8 Å². The highest BCUT2D eigenvalue weighted by Gasteiger charge is 2.30. The van der Waals surface area contributed by atoms with Crippen LogP contribution in [0.3, 0.4) is 0 Å². The van der Waals surface area contributed by atoms with Gasteiger partial charge in [0.15, 0.2) is 0 Å². The smallest absolute Gasteiger partial charge is 0.282 e. The van der Waals surface area contributed by atoms with Crippen LogP contribution in [0.25, 0.3) is 0 Å². The maximum atomic E-state index is 12.5. The second-order valence-electron chi connectivity index (χ2n) is 6.33. The van der Waals surface area contributed by atoms with Crippen molar-refractivity contribution in [3.05, 3.63) is 28.8 Å². The van der Waals surface area contributed by atoms with Crippen LogP contribution >= 0.6 is 0 Å². The summed E-state index contributed by atoms with van der Waals surface area (Å²) < 4.78 is 28.1. The number of benzene rings is 1. The van der Waals surface area contributed by atoms with Crippen molar-refractivity contribution in [3.63, 3.8) is 0 Å². The van der Waals surface area contributed by atoms with Crippen LogP contribution in [0.4, 0.5) is 0 Å². The molecule has 0 bridgehead atoms. The Morgan fingerprint density at radius 2 is 1.58 bits per heavy atom.